The normalized spacial score (nSPS) is 17.3. The van der Waals surface area contributed by atoms with E-state index in [2.05, 4.69) is 4.98 Å². The van der Waals surface area contributed by atoms with Crippen LogP contribution in [0.5, 0.6) is 5.75 Å². The van der Waals surface area contributed by atoms with Crippen molar-refractivity contribution >= 4 is 16.6 Å². The molecule has 1 aliphatic heterocycles. The van der Waals surface area contributed by atoms with Gasteiger partial charge in [-0.3, -0.25) is 9.78 Å². The van der Waals surface area contributed by atoms with Gasteiger partial charge in [0, 0.05) is 23.3 Å². The van der Waals surface area contributed by atoms with Crippen LogP contribution in [0.25, 0.3) is 10.8 Å². The summed E-state index contributed by atoms with van der Waals surface area (Å²) in [6.07, 6.45) is 3.71. The molecule has 0 aliphatic carbocycles. The number of hydrogen-bond acceptors (Lipinski definition) is 3. The molecule has 0 radical (unpaired) electrons. The topological polar surface area (TPSA) is 39.2 Å². The summed E-state index contributed by atoms with van der Waals surface area (Å²) >= 11 is 0. The summed E-state index contributed by atoms with van der Waals surface area (Å²) in [6.45, 7) is 0. The van der Waals surface area contributed by atoms with Gasteiger partial charge in [-0.2, -0.15) is 0 Å². The van der Waals surface area contributed by atoms with Crippen molar-refractivity contribution in [3.8, 4) is 5.75 Å². The number of nitrogens with zero attached hydrogens (tertiary/aromatic N) is 1. The Labute approximate surface area is 122 Å². The molecule has 0 saturated heterocycles. The Morgan fingerprint density at radius 2 is 1.81 bits per heavy atom. The van der Waals surface area contributed by atoms with Crippen molar-refractivity contribution in [2.75, 3.05) is 0 Å². The van der Waals surface area contributed by atoms with E-state index in [4.69, 9.17) is 4.74 Å². The summed E-state index contributed by atoms with van der Waals surface area (Å²) < 4.78 is 6.04. The highest BCUT2D eigenvalue weighted by Crippen LogP contribution is 2.36. The third-order valence-electron chi connectivity index (χ3n) is 3.87. The monoisotopic (exact) mass is 275 g/mol. The number of aromatic nitrogens is 1. The van der Waals surface area contributed by atoms with Gasteiger partial charge in [0.1, 0.15) is 11.9 Å². The average molecular weight is 275 g/mol. The molecule has 1 unspecified atom stereocenters. The Morgan fingerprint density at radius 1 is 1.00 bits per heavy atom. The van der Waals surface area contributed by atoms with Gasteiger partial charge in [0.15, 0.2) is 5.78 Å². The highest BCUT2D eigenvalue weighted by Gasteiger charge is 2.28. The lowest BCUT2D eigenvalue weighted by Crippen LogP contribution is -2.20. The molecule has 4 rings (SSSR count). The molecule has 3 heteroatoms. The fraction of sp³-hybridized carbons (Fsp3) is 0.111. The molecular weight excluding hydrogens is 262 g/mol. The van der Waals surface area contributed by atoms with Crippen LogP contribution in [-0.2, 0) is 0 Å². The van der Waals surface area contributed by atoms with Crippen molar-refractivity contribution < 1.29 is 9.53 Å². The molecule has 1 aliphatic rings. The van der Waals surface area contributed by atoms with Crippen molar-refractivity contribution in [1.82, 2.24) is 4.98 Å². The number of ether oxygens (including phenoxy) is 1. The van der Waals surface area contributed by atoms with E-state index < -0.39 is 0 Å². The standard InChI is InChI=1S/C18H13NO2/c20-16-9-18(21-17-8-4-3-7-14(16)17)15-11-19-10-12-5-1-2-6-13(12)15/h1-8,10-11,18H,9H2. The molecule has 0 spiro atoms. The van der Waals surface area contributed by atoms with E-state index in [1.807, 2.05) is 54.7 Å². The lowest BCUT2D eigenvalue weighted by Gasteiger charge is -2.26. The van der Waals surface area contributed by atoms with E-state index in [0.717, 1.165) is 16.3 Å². The maximum absolute atomic E-state index is 12.3. The molecule has 3 nitrogen and oxygen atoms in total. The number of carbonyl (C=O) groups excluding carboxylic acids is 1. The molecule has 102 valence electrons. The van der Waals surface area contributed by atoms with Crippen LogP contribution in [0.2, 0.25) is 0 Å². The average Bonchev–Trinajstić information content (AvgIpc) is 2.54. The molecule has 1 aromatic heterocycles. The first kappa shape index (κ1) is 12.1. The number of carbonyl (C=O) groups is 1. The molecule has 0 saturated carbocycles. The molecule has 3 aromatic rings. The summed E-state index contributed by atoms with van der Waals surface area (Å²) in [5.41, 5.74) is 1.64. The number of hydrogen-bond donors (Lipinski definition) is 0. The zero-order chi connectivity index (χ0) is 14.2. The molecular formula is C18H13NO2. The SMILES string of the molecule is O=C1CC(c2cncc3ccccc23)Oc2ccccc21. The first-order chi connectivity index (χ1) is 10.3. The van der Waals surface area contributed by atoms with Gasteiger partial charge in [-0.05, 0) is 17.5 Å². The van der Waals surface area contributed by atoms with Crippen LogP contribution >= 0.6 is 0 Å². The second-order valence-electron chi connectivity index (χ2n) is 5.18. The van der Waals surface area contributed by atoms with Gasteiger partial charge in [-0.15, -0.1) is 0 Å². The molecule has 2 heterocycles. The van der Waals surface area contributed by atoms with Crippen molar-refractivity contribution in [3.05, 3.63) is 72.1 Å². The highest BCUT2D eigenvalue weighted by atomic mass is 16.5. The Balaban J connectivity index is 1.83. The minimum atomic E-state index is -0.272. The second kappa shape index (κ2) is 4.70. The minimum absolute atomic E-state index is 0.120. The summed E-state index contributed by atoms with van der Waals surface area (Å²) in [6, 6.07) is 15.4. The zero-order valence-electron chi connectivity index (χ0n) is 11.3. The second-order valence-corrected chi connectivity index (χ2v) is 5.18. The van der Waals surface area contributed by atoms with Crippen molar-refractivity contribution in [2.45, 2.75) is 12.5 Å². The predicted octanol–water partition coefficient (Wildman–Crippen LogP) is 3.94. The van der Waals surface area contributed by atoms with Gasteiger partial charge >= 0.3 is 0 Å². The van der Waals surface area contributed by atoms with E-state index in [0.29, 0.717) is 17.7 Å². The van der Waals surface area contributed by atoms with Gasteiger partial charge in [-0.25, -0.2) is 0 Å². The Bertz CT molecular complexity index is 836. The number of ketones is 1. The van der Waals surface area contributed by atoms with E-state index >= 15 is 0 Å². The zero-order valence-corrected chi connectivity index (χ0v) is 11.3. The van der Waals surface area contributed by atoms with E-state index in [1.165, 1.54) is 0 Å². The molecule has 0 N–H and O–H groups in total. The lowest BCUT2D eigenvalue weighted by molar-refractivity contribution is 0.0851. The molecule has 0 fully saturated rings. The quantitative estimate of drug-likeness (QED) is 0.675. The highest BCUT2D eigenvalue weighted by molar-refractivity contribution is 6.00. The van der Waals surface area contributed by atoms with Crippen LogP contribution in [0.3, 0.4) is 0 Å². The van der Waals surface area contributed by atoms with Gasteiger partial charge in [0.2, 0.25) is 0 Å². The molecule has 0 bridgehead atoms. The van der Waals surface area contributed by atoms with Gasteiger partial charge in [-0.1, -0.05) is 36.4 Å². The third-order valence-corrected chi connectivity index (χ3v) is 3.87. The van der Waals surface area contributed by atoms with Crippen LogP contribution in [0, 0.1) is 0 Å². The fourth-order valence-corrected chi connectivity index (χ4v) is 2.84. The summed E-state index contributed by atoms with van der Waals surface area (Å²) in [4.78, 5) is 16.6. The van der Waals surface area contributed by atoms with Crippen LogP contribution in [-0.4, -0.2) is 10.8 Å². The molecule has 2 aromatic carbocycles. The number of pyridine rings is 1. The van der Waals surface area contributed by atoms with E-state index in [1.54, 1.807) is 6.20 Å². The Morgan fingerprint density at radius 3 is 2.76 bits per heavy atom. The lowest BCUT2D eigenvalue weighted by atomic mass is 9.94. The minimum Gasteiger partial charge on any atom is -0.484 e. The molecule has 21 heavy (non-hydrogen) atoms. The molecule has 0 amide bonds. The van der Waals surface area contributed by atoms with Crippen LogP contribution in [0.15, 0.2) is 60.9 Å². The first-order valence-electron chi connectivity index (χ1n) is 6.94. The van der Waals surface area contributed by atoms with Gasteiger partial charge in [0.05, 0.1) is 12.0 Å². The largest absolute Gasteiger partial charge is 0.484 e. The Hall–Kier alpha value is -2.68. The summed E-state index contributed by atoms with van der Waals surface area (Å²) in [7, 11) is 0. The van der Waals surface area contributed by atoms with E-state index in [9.17, 15) is 4.79 Å². The van der Waals surface area contributed by atoms with Crippen molar-refractivity contribution in [1.29, 1.82) is 0 Å². The first-order valence-corrected chi connectivity index (χ1v) is 6.94. The Kier molecular flexibility index (Phi) is 2.71. The van der Waals surface area contributed by atoms with Crippen molar-refractivity contribution in [3.63, 3.8) is 0 Å². The number of fused-ring (bicyclic) bond motifs is 2. The van der Waals surface area contributed by atoms with Crippen LogP contribution < -0.4 is 4.74 Å². The number of para-hydroxylation sites is 1. The molecule has 1 atom stereocenters. The van der Waals surface area contributed by atoms with Crippen LogP contribution in [0.4, 0.5) is 0 Å². The summed E-state index contributed by atoms with van der Waals surface area (Å²) in [5, 5.41) is 2.15. The number of Topliss-reactive ketones (excluding diaryl/α,β-unsaturated/α-hetero) is 1. The fourth-order valence-electron chi connectivity index (χ4n) is 2.84. The third kappa shape index (κ3) is 1.98. The maximum atomic E-state index is 12.3. The van der Waals surface area contributed by atoms with E-state index in [-0.39, 0.29) is 11.9 Å². The van der Waals surface area contributed by atoms with Gasteiger partial charge < -0.3 is 4.74 Å². The van der Waals surface area contributed by atoms with Crippen molar-refractivity contribution in [2.24, 2.45) is 0 Å². The predicted molar refractivity (Wildman–Crippen MR) is 80.5 cm³/mol. The van der Waals surface area contributed by atoms with Crippen LogP contribution in [0.1, 0.15) is 28.4 Å². The number of rotatable bonds is 1. The maximum Gasteiger partial charge on any atom is 0.170 e. The summed E-state index contributed by atoms with van der Waals surface area (Å²) in [5.74, 6) is 0.779. The van der Waals surface area contributed by atoms with Gasteiger partial charge in [0.25, 0.3) is 0 Å². The number of benzene rings is 2. The smallest absolute Gasteiger partial charge is 0.170 e.